The number of halogens is 1. The van der Waals surface area contributed by atoms with Crippen LogP contribution in [0.15, 0.2) is 29.3 Å². The van der Waals surface area contributed by atoms with Crippen molar-refractivity contribution in [3.05, 3.63) is 35.4 Å². The first-order valence-corrected chi connectivity index (χ1v) is 10.1. The van der Waals surface area contributed by atoms with Gasteiger partial charge in [0, 0.05) is 38.8 Å². The number of benzene rings is 1. The van der Waals surface area contributed by atoms with Gasteiger partial charge in [-0.05, 0) is 43.4 Å². The molecule has 0 spiro atoms. The molecule has 0 amide bonds. The Bertz CT molecular complexity index is 644. The summed E-state index contributed by atoms with van der Waals surface area (Å²) in [7, 11) is 3.22. The number of ether oxygens (including phenoxy) is 1. The molecule has 28 heavy (non-hydrogen) atoms. The maximum absolute atomic E-state index is 11.5. The smallest absolute Gasteiger partial charge is 0.337 e. The Kier molecular flexibility index (Phi) is 9.50. The van der Waals surface area contributed by atoms with Crippen molar-refractivity contribution in [2.45, 2.75) is 50.6 Å². The van der Waals surface area contributed by atoms with Crippen molar-refractivity contribution in [1.29, 1.82) is 0 Å². The predicted molar refractivity (Wildman–Crippen MR) is 124 cm³/mol. The van der Waals surface area contributed by atoms with Gasteiger partial charge in [0.1, 0.15) is 0 Å². The zero-order valence-corrected chi connectivity index (χ0v) is 19.3. The van der Waals surface area contributed by atoms with E-state index in [9.17, 15) is 4.79 Å². The van der Waals surface area contributed by atoms with E-state index in [-0.39, 0.29) is 29.9 Å². The van der Waals surface area contributed by atoms with Gasteiger partial charge >= 0.3 is 5.97 Å². The number of nitrogens with zero attached hydrogens (tertiary/aromatic N) is 2. The molecular weight excluding hydrogens is 467 g/mol. The van der Waals surface area contributed by atoms with Crippen molar-refractivity contribution < 1.29 is 9.53 Å². The van der Waals surface area contributed by atoms with E-state index in [4.69, 9.17) is 4.74 Å². The fourth-order valence-corrected chi connectivity index (χ4v) is 4.14. The van der Waals surface area contributed by atoms with Crippen molar-refractivity contribution in [3.63, 3.8) is 0 Å². The van der Waals surface area contributed by atoms with Gasteiger partial charge in [0.15, 0.2) is 5.96 Å². The maximum atomic E-state index is 11.5. The molecule has 1 aliphatic heterocycles. The molecule has 1 saturated carbocycles. The average Bonchev–Trinajstić information content (AvgIpc) is 3.39. The van der Waals surface area contributed by atoms with Crippen LogP contribution in [0.1, 0.15) is 48.0 Å². The molecule has 1 heterocycles. The van der Waals surface area contributed by atoms with Crippen LogP contribution >= 0.6 is 24.0 Å². The first-order chi connectivity index (χ1) is 13.2. The largest absolute Gasteiger partial charge is 0.465 e. The quantitative estimate of drug-likeness (QED) is 0.272. The first-order valence-electron chi connectivity index (χ1n) is 10.1. The van der Waals surface area contributed by atoms with Gasteiger partial charge < -0.3 is 15.4 Å². The molecule has 1 aliphatic carbocycles. The average molecular weight is 500 g/mol. The molecule has 1 aromatic rings. The molecule has 2 fully saturated rings. The number of carbonyl (C=O) groups excluding carboxylic acids is 1. The molecule has 3 rings (SSSR count). The summed E-state index contributed by atoms with van der Waals surface area (Å²) in [5, 5.41) is 6.98. The predicted octanol–water partition coefficient (Wildman–Crippen LogP) is 2.82. The number of methoxy groups -OCH3 is 1. The Morgan fingerprint density at radius 3 is 2.57 bits per heavy atom. The van der Waals surface area contributed by atoms with Gasteiger partial charge in [-0.15, -0.1) is 24.0 Å². The lowest BCUT2D eigenvalue weighted by atomic mass is 10.1. The minimum Gasteiger partial charge on any atom is -0.465 e. The van der Waals surface area contributed by atoms with E-state index in [0.717, 1.165) is 31.5 Å². The monoisotopic (exact) mass is 500 g/mol. The Morgan fingerprint density at radius 1 is 1.21 bits per heavy atom. The fourth-order valence-electron chi connectivity index (χ4n) is 4.14. The summed E-state index contributed by atoms with van der Waals surface area (Å²) in [4.78, 5) is 18.5. The van der Waals surface area contributed by atoms with Gasteiger partial charge in [0.2, 0.25) is 0 Å². The van der Waals surface area contributed by atoms with Crippen molar-refractivity contribution in [3.8, 4) is 0 Å². The lowest BCUT2D eigenvalue weighted by molar-refractivity contribution is 0.0600. The molecule has 0 aromatic heterocycles. The molecule has 2 aliphatic rings. The third-order valence-electron chi connectivity index (χ3n) is 5.71. The lowest BCUT2D eigenvalue weighted by Crippen LogP contribution is -2.45. The maximum Gasteiger partial charge on any atom is 0.337 e. The Labute approximate surface area is 185 Å². The van der Waals surface area contributed by atoms with Gasteiger partial charge in [-0.3, -0.25) is 9.89 Å². The number of hydrogen-bond acceptors (Lipinski definition) is 4. The van der Waals surface area contributed by atoms with E-state index in [1.807, 2.05) is 31.3 Å². The van der Waals surface area contributed by atoms with Crippen LogP contribution in [-0.4, -0.2) is 62.7 Å². The van der Waals surface area contributed by atoms with Crippen molar-refractivity contribution in [1.82, 2.24) is 15.5 Å². The van der Waals surface area contributed by atoms with Crippen LogP contribution in [0.25, 0.3) is 0 Å². The van der Waals surface area contributed by atoms with E-state index in [1.165, 1.54) is 51.3 Å². The Hall–Kier alpha value is -1.35. The summed E-state index contributed by atoms with van der Waals surface area (Å²) in [5.41, 5.74) is 1.76. The Morgan fingerprint density at radius 2 is 1.93 bits per heavy atom. The van der Waals surface area contributed by atoms with Crippen LogP contribution in [0.3, 0.4) is 0 Å². The number of guanidine groups is 1. The van der Waals surface area contributed by atoms with Crippen LogP contribution in [0.2, 0.25) is 0 Å². The van der Waals surface area contributed by atoms with Crippen LogP contribution in [-0.2, 0) is 11.2 Å². The van der Waals surface area contributed by atoms with Crippen LogP contribution in [0.4, 0.5) is 0 Å². The fraction of sp³-hybridized carbons (Fsp3) is 0.619. The molecular formula is C21H33IN4O2. The topological polar surface area (TPSA) is 66.0 Å². The van der Waals surface area contributed by atoms with E-state index in [2.05, 4.69) is 20.5 Å². The molecule has 7 heteroatoms. The van der Waals surface area contributed by atoms with Crippen LogP contribution < -0.4 is 10.6 Å². The summed E-state index contributed by atoms with van der Waals surface area (Å²) in [6.07, 6.45) is 7.59. The van der Waals surface area contributed by atoms with Gasteiger partial charge in [-0.1, -0.05) is 25.0 Å². The number of esters is 1. The van der Waals surface area contributed by atoms with E-state index in [0.29, 0.717) is 11.6 Å². The van der Waals surface area contributed by atoms with Gasteiger partial charge in [-0.2, -0.15) is 0 Å². The van der Waals surface area contributed by atoms with E-state index in [1.54, 1.807) is 0 Å². The number of rotatable bonds is 6. The minimum atomic E-state index is -0.299. The summed E-state index contributed by atoms with van der Waals surface area (Å²) < 4.78 is 4.73. The second kappa shape index (κ2) is 11.6. The molecule has 2 N–H and O–H groups in total. The highest BCUT2D eigenvalue weighted by atomic mass is 127. The second-order valence-electron chi connectivity index (χ2n) is 7.50. The summed E-state index contributed by atoms with van der Waals surface area (Å²) in [6, 6.07) is 8.85. The molecule has 0 bridgehead atoms. The molecule has 6 nitrogen and oxygen atoms in total. The molecule has 1 unspecified atom stereocenters. The van der Waals surface area contributed by atoms with E-state index >= 15 is 0 Å². The lowest BCUT2D eigenvalue weighted by Gasteiger charge is -2.24. The molecule has 156 valence electrons. The minimum absolute atomic E-state index is 0. The van der Waals surface area contributed by atoms with Crippen LogP contribution in [0, 0.1) is 0 Å². The van der Waals surface area contributed by atoms with Gasteiger partial charge in [0.05, 0.1) is 12.7 Å². The zero-order chi connectivity index (χ0) is 19.1. The van der Waals surface area contributed by atoms with Crippen LogP contribution in [0.5, 0.6) is 0 Å². The van der Waals surface area contributed by atoms with E-state index < -0.39 is 0 Å². The number of nitrogens with one attached hydrogen (secondary N) is 2. The normalized spacial score (nSPS) is 20.6. The van der Waals surface area contributed by atoms with Crippen molar-refractivity contribution >= 4 is 35.9 Å². The molecule has 1 saturated heterocycles. The van der Waals surface area contributed by atoms with Crippen molar-refractivity contribution in [2.75, 3.05) is 33.8 Å². The summed E-state index contributed by atoms with van der Waals surface area (Å²) in [5.74, 6) is 0.576. The number of aliphatic imine (C=N–C) groups is 1. The highest BCUT2D eigenvalue weighted by Gasteiger charge is 2.30. The second-order valence-corrected chi connectivity index (χ2v) is 7.50. The van der Waals surface area contributed by atoms with Gasteiger partial charge in [-0.25, -0.2) is 4.79 Å². The number of carbonyl (C=O) groups is 1. The third-order valence-corrected chi connectivity index (χ3v) is 5.71. The molecule has 1 aromatic carbocycles. The zero-order valence-electron chi connectivity index (χ0n) is 16.9. The number of likely N-dealkylation sites (tertiary alicyclic amines) is 1. The summed E-state index contributed by atoms with van der Waals surface area (Å²) in [6.45, 7) is 3.13. The molecule has 0 radical (unpaired) electrons. The highest BCUT2D eigenvalue weighted by molar-refractivity contribution is 14.0. The summed E-state index contributed by atoms with van der Waals surface area (Å²) >= 11 is 0. The van der Waals surface area contributed by atoms with Crippen molar-refractivity contribution in [2.24, 2.45) is 4.99 Å². The highest BCUT2D eigenvalue weighted by Crippen LogP contribution is 2.26. The standard InChI is InChI=1S/C21H32N4O2.HI/c1-22-21(24-18-12-14-25(15-18)19-5-3-4-6-19)23-13-11-16-7-9-17(10-8-16)20(26)27-2;/h7-10,18-19H,3-6,11-15H2,1-2H3,(H2,22,23,24);1H. The Balaban J connectivity index is 0.00000280. The third kappa shape index (κ3) is 6.34. The first kappa shape index (κ1) is 22.9. The molecule has 1 atom stereocenters. The number of hydrogen-bond donors (Lipinski definition) is 2. The SMILES string of the molecule is CN=C(NCCc1ccc(C(=O)OC)cc1)NC1CCN(C2CCCC2)C1.I. The van der Waals surface area contributed by atoms with Gasteiger partial charge in [0.25, 0.3) is 0 Å².